The standard InChI is InChI=1S/C11H16O5.C10H18O4/c1-5-11(6-14-9(13)15-7-11)8(12)16-10(2,3)4;1-5-10(6-11,7-12)8(13)14-9(2,3)4/h5H,1,6-7H2,2-4H3;5,11-12H,1,6-7H2,2-4H3. The van der Waals surface area contributed by atoms with Gasteiger partial charge in [-0.05, 0) is 41.5 Å². The molecule has 0 aromatic rings. The average Bonchev–Trinajstić information content (AvgIpc) is 2.62. The van der Waals surface area contributed by atoms with Crippen molar-refractivity contribution in [3.05, 3.63) is 25.3 Å². The van der Waals surface area contributed by atoms with Crippen molar-refractivity contribution in [1.82, 2.24) is 0 Å². The lowest BCUT2D eigenvalue weighted by atomic mass is 9.89. The van der Waals surface area contributed by atoms with Gasteiger partial charge in [-0.3, -0.25) is 9.59 Å². The molecule has 9 nitrogen and oxygen atoms in total. The minimum absolute atomic E-state index is 0.0930. The lowest BCUT2D eigenvalue weighted by molar-refractivity contribution is -0.174. The Morgan fingerprint density at radius 1 is 1.00 bits per heavy atom. The molecule has 1 aliphatic rings. The van der Waals surface area contributed by atoms with Crippen molar-refractivity contribution in [2.75, 3.05) is 26.4 Å². The molecule has 9 heteroatoms. The number of ether oxygens (including phenoxy) is 4. The van der Waals surface area contributed by atoms with Crippen molar-refractivity contribution < 1.29 is 43.5 Å². The third-order valence-electron chi connectivity index (χ3n) is 3.85. The van der Waals surface area contributed by atoms with Gasteiger partial charge in [-0.2, -0.15) is 0 Å². The van der Waals surface area contributed by atoms with Gasteiger partial charge in [-0.1, -0.05) is 12.2 Å². The van der Waals surface area contributed by atoms with Crippen LogP contribution in [0.15, 0.2) is 25.3 Å². The van der Waals surface area contributed by atoms with Gasteiger partial charge in [-0.15, -0.1) is 13.2 Å². The summed E-state index contributed by atoms with van der Waals surface area (Å²) in [6.07, 6.45) is 1.83. The first kappa shape index (κ1) is 27.6. The van der Waals surface area contributed by atoms with Crippen molar-refractivity contribution in [1.29, 1.82) is 0 Å². The van der Waals surface area contributed by atoms with Crippen molar-refractivity contribution in [3.63, 3.8) is 0 Å². The number of carbonyl (C=O) groups is 3. The molecule has 0 radical (unpaired) electrons. The molecular weight excluding hydrogens is 396 g/mol. The first-order chi connectivity index (χ1) is 13.6. The fourth-order valence-corrected chi connectivity index (χ4v) is 1.93. The quantitative estimate of drug-likeness (QED) is 0.370. The van der Waals surface area contributed by atoms with Gasteiger partial charge in [0, 0.05) is 0 Å². The second-order valence-corrected chi connectivity index (χ2v) is 8.87. The normalized spacial score (nSPS) is 16.1. The van der Waals surface area contributed by atoms with Crippen LogP contribution in [-0.2, 0) is 28.5 Å². The van der Waals surface area contributed by atoms with E-state index < -0.39 is 53.3 Å². The summed E-state index contributed by atoms with van der Waals surface area (Å²) in [4.78, 5) is 34.2. The molecule has 0 aromatic carbocycles. The molecule has 0 atom stereocenters. The average molecular weight is 430 g/mol. The van der Waals surface area contributed by atoms with Crippen LogP contribution in [0, 0.1) is 10.8 Å². The van der Waals surface area contributed by atoms with Crippen LogP contribution in [0.4, 0.5) is 4.79 Å². The molecular formula is C21H34O9. The van der Waals surface area contributed by atoms with Crippen LogP contribution in [0.1, 0.15) is 41.5 Å². The summed E-state index contributed by atoms with van der Waals surface area (Å²) in [5, 5.41) is 18.0. The van der Waals surface area contributed by atoms with E-state index in [1.54, 1.807) is 41.5 Å². The molecule has 0 spiro atoms. The van der Waals surface area contributed by atoms with E-state index >= 15 is 0 Å². The zero-order valence-corrected chi connectivity index (χ0v) is 18.6. The van der Waals surface area contributed by atoms with Crippen molar-refractivity contribution >= 4 is 18.1 Å². The third kappa shape index (κ3) is 8.16. The van der Waals surface area contributed by atoms with Crippen molar-refractivity contribution in [2.24, 2.45) is 10.8 Å². The van der Waals surface area contributed by atoms with Gasteiger partial charge >= 0.3 is 18.1 Å². The highest BCUT2D eigenvalue weighted by atomic mass is 16.7. The maximum atomic E-state index is 11.9. The van der Waals surface area contributed by atoms with E-state index in [0.717, 1.165) is 0 Å². The molecule has 0 aliphatic carbocycles. The minimum Gasteiger partial charge on any atom is -0.459 e. The molecule has 0 unspecified atom stereocenters. The summed E-state index contributed by atoms with van der Waals surface area (Å²) >= 11 is 0. The number of aliphatic hydroxyl groups excluding tert-OH is 2. The number of aliphatic hydroxyl groups is 2. The molecule has 1 rings (SSSR count). The van der Waals surface area contributed by atoms with E-state index in [-0.39, 0.29) is 13.2 Å². The van der Waals surface area contributed by atoms with Gasteiger partial charge in [0.15, 0.2) is 5.41 Å². The van der Waals surface area contributed by atoms with E-state index in [4.69, 9.17) is 19.7 Å². The Morgan fingerprint density at radius 2 is 1.43 bits per heavy atom. The Labute approximate surface area is 177 Å². The molecule has 172 valence electrons. The Kier molecular flexibility index (Phi) is 9.74. The number of rotatable bonds is 6. The summed E-state index contributed by atoms with van der Waals surface area (Å²) in [5.41, 5.74) is -3.74. The van der Waals surface area contributed by atoms with Crippen LogP contribution in [0.3, 0.4) is 0 Å². The summed E-state index contributed by atoms with van der Waals surface area (Å²) in [5.74, 6) is -1.16. The summed E-state index contributed by atoms with van der Waals surface area (Å²) in [6, 6.07) is 0. The van der Waals surface area contributed by atoms with Crippen molar-refractivity contribution in [3.8, 4) is 0 Å². The van der Waals surface area contributed by atoms with Crippen LogP contribution in [0.2, 0.25) is 0 Å². The molecule has 0 bridgehead atoms. The predicted molar refractivity (Wildman–Crippen MR) is 108 cm³/mol. The molecule has 0 aromatic heterocycles. The van der Waals surface area contributed by atoms with Crippen molar-refractivity contribution in [2.45, 2.75) is 52.7 Å². The fraction of sp³-hybridized carbons (Fsp3) is 0.667. The summed E-state index contributed by atoms with van der Waals surface area (Å²) in [6.45, 7) is 16.2. The summed E-state index contributed by atoms with van der Waals surface area (Å²) < 4.78 is 19.6. The zero-order valence-electron chi connectivity index (χ0n) is 18.6. The molecule has 2 N–H and O–H groups in total. The van der Waals surface area contributed by atoms with Crippen LogP contribution < -0.4 is 0 Å². The van der Waals surface area contributed by atoms with Gasteiger partial charge in [0.05, 0.1) is 13.2 Å². The number of carbonyl (C=O) groups excluding carboxylic acids is 3. The van der Waals surface area contributed by atoms with E-state index in [9.17, 15) is 14.4 Å². The minimum atomic E-state index is -1.40. The highest BCUT2D eigenvalue weighted by molar-refractivity contribution is 5.81. The van der Waals surface area contributed by atoms with E-state index in [1.165, 1.54) is 12.2 Å². The van der Waals surface area contributed by atoms with Gasteiger partial charge < -0.3 is 29.2 Å². The Morgan fingerprint density at radius 3 is 1.73 bits per heavy atom. The highest BCUT2D eigenvalue weighted by Crippen LogP contribution is 2.28. The second kappa shape index (κ2) is 10.6. The maximum Gasteiger partial charge on any atom is 0.508 e. The van der Waals surface area contributed by atoms with E-state index in [2.05, 4.69) is 22.6 Å². The lowest BCUT2D eigenvalue weighted by Gasteiger charge is -2.33. The molecule has 30 heavy (non-hydrogen) atoms. The Bertz CT molecular complexity index is 624. The SMILES string of the molecule is C=CC(CO)(CO)C(=O)OC(C)(C)C.C=CC1(C(=O)OC(C)(C)C)COC(=O)OC1. The second-order valence-electron chi connectivity index (χ2n) is 8.87. The van der Waals surface area contributed by atoms with Crippen LogP contribution in [0.5, 0.6) is 0 Å². The largest absolute Gasteiger partial charge is 0.508 e. The first-order valence-electron chi connectivity index (χ1n) is 9.35. The first-order valence-corrected chi connectivity index (χ1v) is 9.35. The van der Waals surface area contributed by atoms with Crippen LogP contribution in [0.25, 0.3) is 0 Å². The van der Waals surface area contributed by atoms with Gasteiger partial charge in [0.25, 0.3) is 0 Å². The Hall–Kier alpha value is -2.39. The maximum absolute atomic E-state index is 11.9. The summed E-state index contributed by atoms with van der Waals surface area (Å²) in [7, 11) is 0. The highest BCUT2D eigenvalue weighted by Gasteiger charge is 2.45. The number of hydrogen-bond acceptors (Lipinski definition) is 9. The molecule has 1 aliphatic heterocycles. The van der Waals surface area contributed by atoms with Gasteiger partial charge in [0.2, 0.25) is 0 Å². The fourth-order valence-electron chi connectivity index (χ4n) is 1.93. The number of cyclic esters (lactones) is 2. The zero-order chi connectivity index (χ0) is 23.8. The number of esters is 2. The predicted octanol–water partition coefficient (Wildman–Crippen LogP) is 2.15. The Balaban J connectivity index is 0.000000567. The monoisotopic (exact) mass is 430 g/mol. The van der Waals surface area contributed by atoms with E-state index in [0.29, 0.717) is 0 Å². The topological polar surface area (TPSA) is 129 Å². The van der Waals surface area contributed by atoms with Gasteiger partial charge in [0.1, 0.15) is 29.8 Å². The molecule has 1 fully saturated rings. The third-order valence-corrected chi connectivity index (χ3v) is 3.85. The van der Waals surface area contributed by atoms with Crippen LogP contribution >= 0.6 is 0 Å². The molecule has 1 heterocycles. The van der Waals surface area contributed by atoms with Crippen LogP contribution in [-0.4, -0.2) is 65.9 Å². The number of hydrogen-bond donors (Lipinski definition) is 2. The molecule has 0 saturated carbocycles. The molecule has 0 amide bonds. The molecule has 1 saturated heterocycles. The van der Waals surface area contributed by atoms with E-state index in [1.807, 2.05) is 0 Å². The van der Waals surface area contributed by atoms with Gasteiger partial charge in [-0.25, -0.2) is 4.79 Å². The smallest absolute Gasteiger partial charge is 0.459 e. The lowest BCUT2D eigenvalue weighted by Crippen LogP contribution is -2.46.